The first kappa shape index (κ1) is 13.2. The molecule has 0 aliphatic heterocycles. The first-order valence-corrected chi connectivity index (χ1v) is 7.64. The molecule has 0 radical (unpaired) electrons. The third-order valence-electron chi connectivity index (χ3n) is 4.50. The Balaban J connectivity index is 1.98. The van der Waals surface area contributed by atoms with Crippen molar-refractivity contribution in [3.63, 3.8) is 0 Å². The van der Waals surface area contributed by atoms with Crippen molar-refractivity contribution in [1.29, 1.82) is 0 Å². The van der Waals surface area contributed by atoms with Crippen LogP contribution in [0.3, 0.4) is 0 Å². The zero-order valence-electron chi connectivity index (χ0n) is 12.1. The fourth-order valence-electron chi connectivity index (χ4n) is 3.52. The zero-order chi connectivity index (χ0) is 13.8. The Hall–Kier alpha value is -1.76. The Morgan fingerprint density at radius 1 is 0.850 bits per heavy atom. The lowest BCUT2D eigenvalue weighted by Crippen LogP contribution is -2.23. The summed E-state index contributed by atoms with van der Waals surface area (Å²) in [7, 11) is 0. The summed E-state index contributed by atoms with van der Waals surface area (Å²) in [4.78, 5) is 0. The minimum absolute atomic E-state index is 0.214. The molecule has 0 N–H and O–H groups in total. The van der Waals surface area contributed by atoms with Gasteiger partial charge >= 0.3 is 0 Å². The molecule has 1 aliphatic rings. The Morgan fingerprint density at radius 2 is 1.45 bits per heavy atom. The molecule has 0 amide bonds. The van der Waals surface area contributed by atoms with Crippen molar-refractivity contribution >= 4 is 0 Å². The van der Waals surface area contributed by atoms with E-state index >= 15 is 0 Å². The Kier molecular flexibility index (Phi) is 3.77. The fraction of sp³-hybridized carbons (Fsp3) is 0.368. The molecule has 1 saturated carbocycles. The van der Waals surface area contributed by atoms with Gasteiger partial charge in [-0.1, -0.05) is 55.3 Å². The average Bonchev–Trinajstić information content (AvgIpc) is 3.00. The third-order valence-corrected chi connectivity index (χ3v) is 4.50. The standard InChI is InChI=1S/C19H22O/c1-2-20-18-12-10-17(11-13-18)19(14-6-7-15-19)16-8-4-3-5-9-16/h3-5,8-13H,2,6-7,14-15H2,1H3. The molecule has 20 heavy (non-hydrogen) atoms. The zero-order valence-corrected chi connectivity index (χ0v) is 12.1. The average molecular weight is 266 g/mol. The molecule has 2 aromatic rings. The minimum Gasteiger partial charge on any atom is -0.494 e. The maximum Gasteiger partial charge on any atom is 0.119 e. The van der Waals surface area contributed by atoms with Crippen LogP contribution in [0.2, 0.25) is 0 Å². The van der Waals surface area contributed by atoms with E-state index in [1.165, 1.54) is 36.8 Å². The number of benzene rings is 2. The van der Waals surface area contributed by atoms with Gasteiger partial charge in [0.15, 0.2) is 0 Å². The molecular formula is C19H22O. The lowest BCUT2D eigenvalue weighted by molar-refractivity contribution is 0.340. The smallest absolute Gasteiger partial charge is 0.119 e. The van der Waals surface area contributed by atoms with Crippen LogP contribution < -0.4 is 4.74 Å². The van der Waals surface area contributed by atoms with Gasteiger partial charge in [0.25, 0.3) is 0 Å². The molecule has 0 atom stereocenters. The van der Waals surface area contributed by atoms with Crippen LogP contribution in [0.5, 0.6) is 5.75 Å². The number of ether oxygens (including phenoxy) is 1. The van der Waals surface area contributed by atoms with E-state index in [0.717, 1.165) is 12.4 Å². The summed E-state index contributed by atoms with van der Waals surface area (Å²) >= 11 is 0. The summed E-state index contributed by atoms with van der Waals surface area (Å²) < 4.78 is 5.56. The highest BCUT2D eigenvalue weighted by Crippen LogP contribution is 2.46. The van der Waals surface area contributed by atoms with Gasteiger partial charge in [0.2, 0.25) is 0 Å². The van der Waals surface area contributed by atoms with Gasteiger partial charge in [-0.25, -0.2) is 0 Å². The summed E-state index contributed by atoms with van der Waals surface area (Å²) in [6.45, 7) is 2.75. The molecular weight excluding hydrogens is 244 g/mol. The summed E-state index contributed by atoms with van der Waals surface area (Å²) in [6, 6.07) is 19.7. The van der Waals surface area contributed by atoms with Gasteiger partial charge in [-0.2, -0.15) is 0 Å². The van der Waals surface area contributed by atoms with Crippen molar-refractivity contribution in [2.24, 2.45) is 0 Å². The van der Waals surface area contributed by atoms with Crippen molar-refractivity contribution in [2.75, 3.05) is 6.61 Å². The van der Waals surface area contributed by atoms with Crippen molar-refractivity contribution in [2.45, 2.75) is 38.0 Å². The lowest BCUT2D eigenvalue weighted by Gasteiger charge is -2.30. The molecule has 2 aromatic carbocycles. The van der Waals surface area contributed by atoms with E-state index in [4.69, 9.17) is 4.74 Å². The molecule has 0 saturated heterocycles. The third kappa shape index (κ3) is 2.33. The summed E-state index contributed by atoms with van der Waals surface area (Å²) in [5, 5.41) is 0. The van der Waals surface area contributed by atoms with Gasteiger partial charge in [0.1, 0.15) is 5.75 Å². The van der Waals surface area contributed by atoms with Crippen LogP contribution in [-0.4, -0.2) is 6.61 Å². The van der Waals surface area contributed by atoms with E-state index in [-0.39, 0.29) is 5.41 Å². The van der Waals surface area contributed by atoms with Crippen LogP contribution in [0, 0.1) is 0 Å². The van der Waals surface area contributed by atoms with Gasteiger partial charge in [-0.3, -0.25) is 0 Å². The van der Waals surface area contributed by atoms with Gasteiger partial charge in [0.05, 0.1) is 6.61 Å². The van der Waals surface area contributed by atoms with E-state index in [0.29, 0.717) is 0 Å². The monoisotopic (exact) mass is 266 g/mol. The van der Waals surface area contributed by atoms with Crippen LogP contribution in [0.15, 0.2) is 54.6 Å². The maximum atomic E-state index is 5.56. The fourth-order valence-corrected chi connectivity index (χ4v) is 3.52. The molecule has 3 rings (SSSR count). The molecule has 1 aliphatic carbocycles. The predicted octanol–water partition coefficient (Wildman–Crippen LogP) is 4.95. The Labute approximate surface area is 121 Å². The topological polar surface area (TPSA) is 9.23 Å². The SMILES string of the molecule is CCOc1ccc(C2(c3ccccc3)CCCC2)cc1. The molecule has 1 fully saturated rings. The van der Waals surface area contributed by atoms with Crippen molar-refractivity contribution < 1.29 is 4.74 Å². The molecule has 1 nitrogen and oxygen atoms in total. The van der Waals surface area contributed by atoms with E-state index in [1.807, 2.05) is 6.92 Å². The highest BCUT2D eigenvalue weighted by molar-refractivity contribution is 5.42. The predicted molar refractivity (Wildman–Crippen MR) is 83.3 cm³/mol. The molecule has 0 bridgehead atoms. The molecule has 0 heterocycles. The summed E-state index contributed by atoms with van der Waals surface area (Å²) in [5.74, 6) is 0.970. The molecule has 104 valence electrons. The second kappa shape index (κ2) is 5.70. The first-order valence-electron chi connectivity index (χ1n) is 7.64. The maximum absolute atomic E-state index is 5.56. The number of rotatable bonds is 4. The van der Waals surface area contributed by atoms with Gasteiger partial charge in [-0.05, 0) is 43.0 Å². The van der Waals surface area contributed by atoms with E-state index < -0.39 is 0 Å². The van der Waals surface area contributed by atoms with Crippen LogP contribution in [0.25, 0.3) is 0 Å². The second-order valence-electron chi connectivity index (χ2n) is 5.61. The Bertz CT molecular complexity index is 536. The summed E-state index contributed by atoms with van der Waals surface area (Å²) in [6.07, 6.45) is 5.15. The molecule has 0 unspecified atom stereocenters. The van der Waals surface area contributed by atoms with Gasteiger partial charge < -0.3 is 4.74 Å². The van der Waals surface area contributed by atoms with Crippen LogP contribution >= 0.6 is 0 Å². The molecule has 0 aromatic heterocycles. The highest BCUT2D eigenvalue weighted by atomic mass is 16.5. The minimum atomic E-state index is 0.214. The lowest BCUT2D eigenvalue weighted by atomic mass is 9.73. The first-order chi connectivity index (χ1) is 9.85. The van der Waals surface area contributed by atoms with Crippen molar-refractivity contribution in [1.82, 2.24) is 0 Å². The summed E-state index contributed by atoms with van der Waals surface area (Å²) in [5.41, 5.74) is 3.11. The van der Waals surface area contributed by atoms with Crippen LogP contribution in [0.1, 0.15) is 43.7 Å². The highest BCUT2D eigenvalue weighted by Gasteiger charge is 2.36. The van der Waals surface area contributed by atoms with Gasteiger partial charge in [-0.15, -0.1) is 0 Å². The van der Waals surface area contributed by atoms with E-state index in [1.54, 1.807) is 0 Å². The van der Waals surface area contributed by atoms with Gasteiger partial charge in [0, 0.05) is 5.41 Å². The number of hydrogen-bond acceptors (Lipinski definition) is 1. The largest absolute Gasteiger partial charge is 0.494 e. The van der Waals surface area contributed by atoms with E-state index in [9.17, 15) is 0 Å². The van der Waals surface area contributed by atoms with E-state index in [2.05, 4.69) is 54.6 Å². The normalized spacial score (nSPS) is 17.1. The number of hydrogen-bond donors (Lipinski definition) is 0. The Morgan fingerprint density at radius 3 is 2.05 bits per heavy atom. The van der Waals surface area contributed by atoms with Crippen LogP contribution in [-0.2, 0) is 5.41 Å². The molecule has 1 heteroatoms. The van der Waals surface area contributed by atoms with Crippen molar-refractivity contribution in [3.8, 4) is 5.75 Å². The van der Waals surface area contributed by atoms with Crippen molar-refractivity contribution in [3.05, 3.63) is 65.7 Å². The quantitative estimate of drug-likeness (QED) is 0.761. The van der Waals surface area contributed by atoms with Crippen LogP contribution in [0.4, 0.5) is 0 Å². The molecule has 0 spiro atoms. The second-order valence-corrected chi connectivity index (χ2v) is 5.61.